The minimum Gasteiger partial charge on any atom is -0.439 e. The molecule has 0 N–H and O–H groups in total. The maximum atomic E-state index is 5.93. The predicted octanol–water partition coefficient (Wildman–Crippen LogP) is 4.67. The summed E-state index contributed by atoms with van der Waals surface area (Å²) in [4.78, 5) is 6.72. The predicted molar refractivity (Wildman–Crippen MR) is 85.3 cm³/mol. The molecule has 0 bridgehead atoms. The van der Waals surface area contributed by atoms with Crippen LogP contribution in [-0.4, -0.2) is 16.9 Å². The van der Waals surface area contributed by atoms with Crippen molar-refractivity contribution in [1.29, 1.82) is 0 Å². The van der Waals surface area contributed by atoms with Crippen LogP contribution in [0.25, 0.3) is 11.1 Å². The van der Waals surface area contributed by atoms with Crippen LogP contribution in [0.5, 0.6) is 0 Å². The Morgan fingerprint density at radius 3 is 2.57 bits per heavy atom. The molecule has 21 heavy (non-hydrogen) atoms. The standard InChI is InChI=1S/C17H17ClN2O/c1-12(13-7-9-14(18)10-8-13)20(2)11-17-19-15-5-3-4-6-16(15)21-17/h3-10,12H,11H2,1-2H3/t12-/m0/s1. The molecule has 0 aliphatic carbocycles. The second-order valence-electron chi connectivity index (χ2n) is 5.22. The third-order valence-electron chi connectivity index (χ3n) is 3.74. The van der Waals surface area contributed by atoms with Crippen molar-refractivity contribution >= 4 is 22.7 Å². The third kappa shape index (κ3) is 3.09. The van der Waals surface area contributed by atoms with E-state index in [9.17, 15) is 0 Å². The molecule has 0 spiro atoms. The van der Waals surface area contributed by atoms with Crippen LogP contribution < -0.4 is 0 Å². The summed E-state index contributed by atoms with van der Waals surface area (Å²) in [6, 6.07) is 16.0. The first-order valence-corrected chi connectivity index (χ1v) is 7.31. The van der Waals surface area contributed by atoms with E-state index in [-0.39, 0.29) is 6.04 Å². The number of oxazole rings is 1. The molecule has 0 saturated carbocycles. The Kier molecular flexibility index (Phi) is 3.95. The van der Waals surface area contributed by atoms with Gasteiger partial charge in [-0.15, -0.1) is 0 Å². The average Bonchev–Trinajstić information content (AvgIpc) is 2.89. The quantitative estimate of drug-likeness (QED) is 0.701. The molecule has 0 radical (unpaired) electrons. The molecule has 1 atom stereocenters. The number of rotatable bonds is 4. The molecule has 1 heterocycles. The Balaban J connectivity index is 1.75. The molecular formula is C17H17ClN2O. The van der Waals surface area contributed by atoms with Crippen molar-refractivity contribution in [3.8, 4) is 0 Å². The fourth-order valence-corrected chi connectivity index (χ4v) is 2.46. The summed E-state index contributed by atoms with van der Waals surface area (Å²) in [6.07, 6.45) is 0. The van der Waals surface area contributed by atoms with Crippen LogP contribution in [0.2, 0.25) is 5.02 Å². The van der Waals surface area contributed by atoms with Gasteiger partial charge in [0, 0.05) is 11.1 Å². The lowest BCUT2D eigenvalue weighted by molar-refractivity contribution is 0.230. The number of hydrogen-bond donors (Lipinski definition) is 0. The van der Waals surface area contributed by atoms with Gasteiger partial charge in [0.25, 0.3) is 0 Å². The van der Waals surface area contributed by atoms with Gasteiger partial charge in [0.2, 0.25) is 5.89 Å². The van der Waals surface area contributed by atoms with E-state index in [2.05, 4.69) is 36.0 Å². The Labute approximate surface area is 129 Å². The lowest BCUT2D eigenvalue weighted by Crippen LogP contribution is -2.22. The maximum absolute atomic E-state index is 5.93. The minimum absolute atomic E-state index is 0.261. The van der Waals surface area contributed by atoms with Crippen LogP contribution in [0.4, 0.5) is 0 Å². The van der Waals surface area contributed by atoms with E-state index < -0.39 is 0 Å². The number of para-hydroxylation sites is 2. The second-order valence-corrected chi connectivity index (χ2v) is 5.65. The first-order valence-electron chi connectivity index (χ1n) is 6.93. The van der Waals surface area contributed by atoms with E-state index in [0.29, 0.717) is 6.54 Å². The molecular weight excluding hydrogens is 284 g/mol. The summed E-state index contributed by atoms with van der Waals surface area (Å²) in [6.45, 7) is 2.82. The Hall–Kier alpha value is -1.84. The zero-order valence-electron chi connectivity index (χ0n) is 12.1. The highest BCUT2D eigenvalue weighted by atomic mass is 35.5. The lowest BCUT2D eigenvalue weighted by Gasteiger charge is -2.23. The summed E-state index contributed by atoms with van der Waals surface area (Å²) in [5.74, 6) is 0.736. The van der Waals surface area contributed by atoms with Gasteiger partial charge in [0.15, 0.2) is 5.58 Å². The number of nitrogens with zero attached hydrogens (tertiary/aromatic N) is 2. The van der Waals surface area contributed by atoms with Crippen molar-refractivity contribution in [2.45, 2.75) is 19.5 Å². The van der Waals surface area contributed by atoms with Crippen LogP contribution in [0, 0.1) is 0 Å². The molecule has 0 saturated heterocycles. The van der Waals surface area contributed by atoms with Crippen LogP contribution in [0.1, 0.15) is 24.4 Å². The Morgan fingerprint density at radius 2 is 1.86 bits per heavy atom. The summed E-state index contributed by atoms with van der Waals surface area (Å²) in [5, 5.41) is 0.757. The van der Waals surface area contributed by atoms with Crippen molar-refractivity contribution in [2.75, 3.05) is 7.05 Å². The molecule has 0 unspecified atom stereocenters. The summed E-state index contributed by atoms with van der Waals surface area (Å²) >= 11 is 5.93. The highest BCUT2D eigenvalue weighted by Crippen LogP contribution is 2.23. The maximum Gasteiger partial charge on any atom is 0.209 e. The summed E-state index contributed by atoms with van der Waals surface area (Å²) in [7, 11) is 2.06. The molecule has 3 rings (SSSR count). The second kappa shape index (κ2) is 5.88. The molecule has 3 aromatic rings. The molecule has 0 amide bonds. The molecule has 0 fully saturated rings. The first-order chi connectivity index (χ1) is 10.1. The van der Waals surface area contributed by atoms with Crippen LogP contribution in [0.15, 0.2) is 52.9 Å². The topological polar surface area (TPSA) is 29.3 Å². The van der Waals surface area contributed by atoms with Gasteiger partial charge in [-0.1, -0.05) is 35.9 Å². The van der Waals surface area contributed by atoms with Crippen molar-refractivity contribution in [2.24, 2.45) is 0 Å². The number of benzene rings is 2. The Bertz CT molecular complexity index is 703. The van der Waals surface area contributed by atoms with Crippen LogP contribution >= 0.6 is 11.6 Å². The van der Waals surface area contributed by atoms with Crippen LogP contribution in [0.3, 0.4) is 0 Å². The smallest absolute Gasteiger partial charge is 0.209 e. The van der Waals surface area contributed by atoms with E-state index in [1.54, 1.807) is 0 Å². The van der Waals surface area contributed by atoms with Crippen LogP contribution in [-0.2, 0) is 6.54 Å². The van der Waals surface area contributed by atoms with Crippen molar-refractivity contribution in [1.82, 2.24) is 9.88 Å². The number of aromatic nitrogens is 1. The monoisotopic (exact) mass is 300 g/mol. The van der Waals surface area contributed by atoms with Gasteiger partial charge in [0.1, 0.15) is 5.52 Å². The van der Waals surface area contributed by atoms with Crippen molar-refractivity contribution in [3.63, 3.8) is 0 Å². The fourth-order valence-electron chi connectivity index (χ4n) is 2.33. The zero-order chi connectivity index (χ0) is 14.8. The largest absolute Gasteiger partial charge is 0.439 e. The number of hydrogen-bond acceptors (Lipinski definition) is 3. The normalized spacial score (nSPS) is 13.0. The summed E-state index contributed by atoms with van der Waals surface area (Å²) < 4.78 is 5.77. The van der Waals surface area contributed by atoms with Gasteiger partial charge >= 0.3 is 0 Å². The minimum atomic E-state index is 0.261. The van der Waals surface area contributed by atoms with Crippen molar-refractivity contribution in [3.05, 3.63) is 65.0 Å². The number of fused-ring (bicyclic) bond motifs is 1. The fraction of sp³-hybridized carbons (Fsp3) is 0.235. The van der Waals surface area contributed by atoms with E-state index in [4.69, 9.17) is 16.0 Å². The van der Waals surface area contributed by atoms with Gasteiger partial charge in [-0.05, 0) is 43.8 Å². The van der Waals surface area contributed by atoms with E-state index >= 15 is 0 Å². The first kappa shape index (κ1) is 14.1. The SMILES string of the molecule is C[C@@H](c1ccc(Cl)cc1)N(C)Cc1nc2ccccc2o1. The lowest BCUT2D eigenvalue weighted by atomic mass is 10.1. The average molecular weight is 301 g/mol. The summed E-state index contributed by atoms with van der Waals surface area (Å²) in [5.41, 5.74) is 2.96. The highest BCUT2D eigenvalue weighted by molar-refractivity contribution is 6.30. The Morgan fingerprint density at radius 1 is 1.14 bits per heavy atom. The molecule has 0 aliphatic heterocycles. The molecule has 3 nitrogen and oxygen atoms in total. The van der Waals surface area contributed by atoms with Gasteiger partial charge < -0.3 is 4.42 Å². The van der Waals surface area contributed by atoms with Gasteiger partial charge in [-0.25, -0.2) is 4.98 Å². The van der Waals surface area contributed by atoms with Gasteiger partial charge in [-0.3, -0.25) is 4.90 Å². The molecule has 0 aliphatic rings. The molecule has 1 aromatic heterocycles. The van der Waals surface area contributed by atoms with E-state index in [1.807, 2.05) is 36.4 Å². The highest BCUT2D eigenvalue weighted by Gasteiger charge is 2.15. The van der Waals surface area contributed by atoms with Crippen molar-refractivity contribution < 1.29 is 4.42 Å². The zero-order valence-corrected chi connectivity index (χ0v) is 12.8. The number of halogens is 1. The third-order valence-corrected chi connectivity index (χ3v) is 3.99. The molecule has 108 valence electrons. The van der Waals surface area contributed by atoms with Gasteiger partial charge in [-0.2, -0.15) is 0 Å². The molecule has 4 heteroatoms. The van der Waals surface area contributed by atoms with Gasteiger partial charge in [0.05, 0.1) is 6.54 Å². The molecule has 2 aromatic carbocycles. The van der Waals surface area contributed by atoms with E-state index in [1.165, 1.54) is 5.56 Å². The van der Waals surface area contributed by atoms with E-state index in [0.717, 1.165) is 22.0 Å².